The van der Waals surface area contributed by atoms with Gasteiger partial charge in [0, 0.05) is 30.9 Å². The van der Waals surface area contributed by atoms with Crippen LogP contribution in [0.5, 0.6) is 11.5 Å². The molecule has 0 aliphatic rings. The molecule has 0 aliphatic carbocycles. The van der Waals surface area contributed by atoms with Gasteiger partial charge in [0.15, 0.2) is 11.5 Å². The SMILES string of the molecule is COc1cc(CNC(=O)Cc2cccc(C[C@@H](C)NC[C@H](O)c3ccc(N)nc3)c2)ccc1O. The number of ether oxygens (including phenoxy) is 1. The Hall–Kier alpha value is -3.62. The summed E-state index contributed by atoms with van der Waals surface area (Å²) in [7, 11) is 1.49. The highest BCUT2D eigenvalue weighted by molar-refractivity contribution is 5.78. The third-order valence-electron chi connectivity index (χ3n) is 5.49. The number of carbonyl (C=O) groups excluding carboxylic acids is 1. The topological polar surface area (TPSA) is 130 Å². The molecule has 0 saturated heterocycles. The van der Waals surface area contributed by atoms with Crippen molar-refractivity contribution in [3.63, 3.8) is 0 Å². The van der Waals surface area contributed by atoms with Crippen molar-refractivity contribution in [1.82, 2.24) is 15.6 Å². The van der Waals surface area contributed by atoms with E-state index in [9.17, 15) is 15.0 Å². The predicted octanol–water partition coefficient (Wildman–Crippen LogP) is 2.49. The number of hydrogen-bond donors (Lipinski definition) is 5. The van der Waals surface area contributed by atoms with Crippen LogP contribution in [-0.2, 0) is 24.2 Å². The summed E-state index contributed by atoms with van der Waals surface area (Å²) in [6.45, 7) is 2.80. The van der Waals surface area contributed by atoms with Crippen molar-refractivity contribution in [3.8, 4) is 11.5 Å². The van der Waals surface area contributed by atoms with Crippen LogP contribution in [0.4, 0.5) is 5.82 Å². The molecule has 8 heteroatoms. The lowest BCUT2D eigenvalue weighted by atomic mass is 10.0. The lowest BCUT2D eigenvalue weighted by molar-refractivity contribution is -0.120. The van der Waals surface area contributed by atoms with Gasteiger partial charge in [0.2, 0.25) is 5.91 Å². The van der Waals surface area contributed by atoms with Crippen LogP contribution in [0.15, 0.2) is 60.8 Å². The first-order chi connectivity index (χ1) is 16.3. The van der Waals surface area contributed by atoms with Gasteiger partial charge in [0.1, 0.15) is 5.82 Å². The molecule has 2 aromatic carbocycles. The number of aliphatic hydroxyl groups excluding tert-OH is 1. The van der Waals surface area contributed by atoms with E-state index in [1.165, 1.54) is 7.11 Å². The second-order valence-corrected chi connectivity index (χ2v) is 8.33. The summed E-state index contributed by atoms with van der Waals surface area (Å²) in [5.41, 5.74) is 9.18. The number of carbonyl (C=O) groups is 1. The number of nitrogen functional groups attached to an aromatic ring is 1. The molecule has 3 aromatic rings. The van der Waals surface area contributed by atoms with Crippen molar-refractivity contribution in [1.29, 1.82) is 0 Å². The number of hydrogen-bond acceptors (Lipinski definition) is 7. The quantitative estimate of drug-likeness (QED) is 0.295. The van der Waals surface area contributed by atoms with E-state index in [2.05, 4.69) is 22.5 Å². The number of pyridine rings is 1. The van der Waals surface area contributed by atoms with Gasteiger partial charge in [-0.3, -0.25) is 4.79 Å². The molecule has 0 radical (unpaired) electrons. The zero-order valence-electron chi connectivity index (χ0n) is 19.5. The van der Waals surface area contributed by atoms with E-state index in [0.717, 1.165) is 23.1 Å². The minimum atomic E-state index is -0.667. The maximum absolute atomic E-state index is 12.4. The number of rotatable bonds is 11. The number of amides is 1. The number of nitrogens with one attached hydrogen (secondary N) is 2. The molecular weight excluding hydrogens is 432 g/mol. The van der Waals surface area contributed by atoms with Gasteiger partial charge in [-0.25, -0.2) is 4.98 Å². The Labute approximate surface area is 199 Å². The first-order valence-electron chi connectivity index (χ1n) is 11.2. The molecular formula is C26H32N4O4. The van der Waals surface area contributed by atoms with Gasteiger partial charge in [-0.2, -0.15) is 0 Å². The molecule has 0 aliphatic heterocycles. The number of nitrogens with zero attached hydrogens (tertiary/aromatic N) is 1. The fourth-order valence-corrected chi connectivity index (χ4v) is 3.62. The highest BCUT2D eigenvalue weighted by atomic mass is 16.5. The second kappa shape index (κ2) is 12.0. The molecule has 3 rings (SSSR count). The normalized spacial score (nSPS) is 12.7. The number of methoxy groups -OCH3 is 1. The Morgan fingerprint density at radius 3 is 2.65 bits per heavy atom. The number of benzene rings is 2. The summed E-state index contributed by atoms with van der Waals surface area (Å²) in [5, 5.41) is 26.3. The molecule has 0 bridgehead atoms. The zero-order valence-corrected chi connectivity index (χ0v) is 19.5. The maximum Gasteiger partial charge on any atom is 0.224 e. The molecule has 8 nitrogen and oxygen atoms in total. The van der Waals surface area contributed by atoms with Crippen LogP contribution in [0.2, 0.25) is 0 Å². The highest BCUT2D eigenvalue weighted by Gasteiger charge is 2.11. The van der Waals surface area contributed by atoms with E-state index < -0.39 is 6.10 Å². The summed E-state index contributed by atoms with van der Waals surface area (Å²) in [4.78, 5) is 16.4. The number of nitrogens with two attached hydrogens (primary N) is 1. The van der Waals surface area contributed by atoms with Crippen LogP contribution >= 0.6 is 0 Å². The molecule has 0 spiro atoms. The summed E-state index contributed by atoms with van der Waals surface area (Å²) in [6.07, 6.45) is 1.95. The molecule has 1 aromatic heterocycles. The van der Waals surface area contributed by atoms with E-state index in [0.29, 0.717) is 30.2 Å². The lowest BCUT2D eigenvalue weighted by Gasteiger charge is -2.18. The number of phenols is 1. The van der Waals surface area contributed by atoms with Crippen molar-refractivity contribution in [2.24, 2.45) is 0 Å². The van der Waals surface area contributed by atoms with E-state index in [1.807, 2.05) is 24.3 Å². The number of aromatic nitrogens is 1. The fourth-order valence-electron chi connectivity index (χ4n) is 3.62. The molecule has 0 unspecified atom stereocenters. The van der Waals surface area contributed by atoms with Crippen molar-refractivity contribution in [2.45, 2.75) is 38.5 Å². The Morgan fingerprint density at radius 2 is 1.91 bits per heavy atom. The molecule has 0 fully saturated rings. The summed E-state index contributed by atoms with van der Waals surface area (Å²) in [6, 6.07) is 16.5. The Bertz CT molecular complexity index is 1090. The predicted molar refractivity (Wildman–Crippen MR) is 131 cm³/mol. The maximum atomic E-state index is 12.4. The van der Waals surface area contributed by atoms with Gasteiger partial charge in [0.05, 0.1) is 19.6 Å². The average molecular weight is 465 g/mol. The zero-order chi connectivity index (χ0) is 24.5. The number of aliphatic hydroxyl groups is 1. The van der Waals surface area contributed by atoms with Gasteiger partial charge in [-0.15, -0.1) is 0 Å². The largest absolute Gasteiger partial charge is 0.504 e. The minimum Gasteiger partial charge on any atom is -0.504 e. The Morgan fingerprint density at radius 1 is 1.12 bits per heavy atom. The van der Waals surface area contributed by atoms with Crippen LogP contribution < -0.4 is 21.1 Å². The van der Waals surface area contributed by atoms with Crippen LogP contribution in [0.3, 0.4) is 0 Å². The lowest BCUT2D eigenvalue weighted by Crippen LogP contribution is -2.32. The van der Waals surface area contributed by atoms with Crippen LogP contribution in [0.1, 0.15) is 35.3 Å². The molecule has 180 valence electrons. The van der Waals surface area contributed by atoms with Crippen LogP contribution in [0.25, 0.3) is 0 Å². The number of aromatic hydroxyl groups is 1. The van der Waals surface area contributed by atoms with Crippen molar-refractivity contribution >= 4 is 11.7 Å². The summed E-state index contributed by atoms with van der Waals surface area (Å²) in [5.74, 6) is 0.775. The number of phenolic OH excluding ortho intramolecular Hbond substituents is 1. The molecule has 34 heavy (non-hydrogen) atoms. The van der Waals surface area contributed by atoms with Crippen molar-refractivity contribution in [3.05, 3.63) is 83.0 Å². The first-order valence-corrected chi connectivity index (χ1v) is 11.2. The molecule has 6 N–H and O–H groups in total. The Balaban J connectivity index is 1.47. The second-order valence-electron chi connectivity index (χ2n) is 8.33. The molecule has 2 atom stereocenters. The van der Waals surface area contributed by atoms with Gasteiger partial charge in [0.25, 0.3) is 0 Å². The van der Waals surface area contributed by atoms with Gasteiger partial charge in [-0.05, 0) is 48.2 Å². The highest BCUT2D eigenvalue weighted by Crippen LogP contribution is 2.26. The molecule has 1 amide bonds. The fraction of sp³-hybridized carbons (Fsp3) is 0.308. The smallest absolute Gasteiger partial charge is 0.224 e. The van der Waals surface area contributed by atoms with E-state index in [-0.39, 0.29) is 24.1 Å². The standard InChI is InChI=1S/C26H32N4O4/c1-17(28-16-23(32)21-7-9-25(27)29-15-21)10-18-4-3-5-19(11-18)13-26(33)30-14-20-6-8-22(31)24(12-20)34-2/h3-9,11-12,15,17,23,28,31-32H,10,13-14,16H2,1-2H3,(H2,27,29)(H,30,33)/t17-,23+/m1/s1. The minimum absolute atomic E-state index is 0.0647. The van der Waals surface area contributed by atoms with Gasteiger partial charge >= 0.3 is 0 Å². The third kappa shape index (κ3) is 7.47. The first kappa shape index (κ1) is 25.0. The van der Waals surface area contributed by atoms with E-state index in [4.69, 9.17) is 10.5 Å². The van der Waals surface area contributed by atoms with Gasteiger partial charge < -0.3 is 31.3 Å². The number of anilines is 1. The van der Waals surface area contributed by atoms with Crippen molar-refractivity contribution < 1.29 is 19.7 Å². The van der Waals surface area contributed by atoms with Crippen molar-refractivity contribution in [2.75, 3.05) is 19.4 Å². The van der Waals surface area contributed by atoms with Crippen LogP contribution in [-0.4, -0.2) is 40.8 Å². The molecule has 1 heterocycles. The average Bonchev–Trinajstić information content (AvgIpc) is 2.82. The summed E-state index contributed by atoms with van der Waals surface area (Å²) >= 11 is 0. The summed E-state index contributed by atoms with van der Waals surface area (Å²) < 4.78 is 5.10. The van der Waals surface area contributed by atoms with Crippen LogP contribution in [0, 0.1) is 0 Å². The third-order valence-corrected chi connectivity index (χ3v) is 5.49. The van der Waals surface area contributed by atoms with E-state index in [1.54, 1.807) is 36.5 Å². The Kier molecular flexibility index (Phi) is 8.84. The molecule has 0 saturated carbocycles. The monoisotopic (exact) mass is 464 g/mol. The van der Waals surface area contributed by atoms with E-state index >= 15 is 0 Å². The van der Waals surface area contributed by atoms with Gasteiger partial charge in [-0.1, -0.05) is 36.4 Å².